The smallest absolute Gasteiger partial charge is 0.163 e. The van der Waals surface area contributed by atoms with Gasteiger partial charge in [0.25, 0.3) is 0 Å². The standard InChI is InChI=1S/C10H11BrO2/c1-6-4-5-8(7(2)12)10(13-3)9(6)11/h4-5H,1-3H3. The van der Waals surface area contributed by atoms with Crippen LogP contribution in [0.25, 0.3) is 0 Å². The highest BCUT2D eigenvalue weighted by atomic mass is 79.9. The van der Waals surface area contributed by atoms with Gasteiger partial charge in [0.05, 0.1) is 17.1 Å². The summed E-state index contributed by atoms with van der Waals surface area (Å²) >= 11 is 3.38. The normalized spacial score (nSPS) is 9.85. The molecule has 1 aromatic rings. The first kappa shape index (κ1) is 10.3. The number of rotatable bonds is 2. The Kier molecular flexibility index (Phi) is 3.09. The largest absolute Gasteiger partial charge is 0.495 e. The van der Waals surface area contributed by atoms with Crippen LogP contribution in [0.4, 0.5) is 0 Å². The lowest BCUT2D eigenvalue weighted by Crippen LogP contribution is -1.99. The second-order valence-electron chi connectivity index (χ2n) is 2.83. The predicted molar refractivity (Wildman–Crippen MR) is 55.4 cm³/mol. The number of Topliss-reactive ketones (excluding diaryl/α,β-unsaturated/α-hetero) is 1. The third-order valence-corrected chi connectivity index (χ3v) is 2.86. The monoisotopic (exact) mass is 242 g/mol. The molecule has 0 bridgehead atoms. The lowest BCUT2D eigenvalue weighted by molar-refractivity contribution is 0.101. The highest BCUT2D eigenvalue weighted by Crippen LogP contribution is 2.32. The molecule has 1 rings (SSSR count). The number of ether oxygens (including phenoxy) is 1. The number of ketones is 1. The minimum atomic E-state index is 0.0116. The fraction of sp³-hybridized carbons (Fsp3) is 0.300. The van der Waals surface area contributed by atoms with Crippen molar-refractivity contribution < 1.29 is 9.53 Å². The van der Waals surface area contributed by atoms with Crippen LogP contribution in [0.5, 0.6) is 5.75 Å². The summed E-state index contributed by atoms with van der Waals surface area (Å²) in [4.78, 5) is 11.2. The Morgan fingerprint density at radius 2 is 2.08 bits per heavy atom. The average molecular weight is 243 g/mol. The summed E-state index contributed by atoms with van der Waals surface area (Å²) in [6.45, 7) is 3.48. The molecule has 3 heteroatoms. The van der Waals surface area contributed by atoms with Gasteiger partial charge in [0.2, 0.25) is 0 Å². The van der Waals surface area contributed by atoms with E-state index in [-0.39, 0.29) is 5.78 Å². The molecule has 0 atom stereocenters. The van der Waals surface area contributed by atoms with Gasteiger partial charge in [-0.2, -0.15) is 0 Å². The maximum Gasteiger partial charge on any atom is 0.163 e. The Balaban J connectivity index is 3.38. The van der Waals surface area contributed by atoms with Gasteiger partial charge in [0.15, 0.2) is 5.78 Å². The van der Waals surface area contributed by atoms with Crippen molar-refractivity contribution in [3.63, 3.8) is 0 Å². The van der Waals surface area contributed by atoms with Crippen LogP contribution >= 0.6 is 15.9 Å². The van der Waals surface area contributed by atoms with Crippen molar-refractivity contribution in [3.05, 3.63) is 27.7 Å². The van der Waals surface area contributed by atoms with E-state index in [0.717, 1.165) is 10.0 Å². The maximum absolute atomic E-state index is 11.2. The number of carbonyl (C=O) groups excluding carboxylic acids is 1. The Morgan fingerprint density at radius 3 is 2.54 bits per heavy atom. The number of benzene rings is 1. The van der Waals surface area contributed by atoms with Gasteiger partial charge < -0.3 is 4.74 Å². The molecule has 0 unspecified atom stereocenters. The van der Waals surface area contributed by atoms with Crippen molar-refractivity contribution in [1.82, 2.24) is 0 Å². The molecule has 0 aliphatic carbocycles. The van der Waals surface area contributed by atoms with Crippen LogP contribution in [-0.2, 0) is 0 Å². The van der Waals surface area contributed by atoms with Gasteiger partial charge in [0.1, 0.15) is 5.75 Å². The maximum atomic E-state index is 11.2. The zero-order valence-electron chi connectivity index (χ0n) is 7.85. The molecule has 0 spiro atoms. The van der Waals surface area contributed by atoms with Crippen LogP contribution in [-0.4, -0.2) is 12.9 Å². The van der Waals surface area contributed by atoms with E-state index >= 15 is 0 Å². The van der Waals surface area contributed by atoms with Crippen molar-refractivity contribution >= 4 is 21.7 Å². The molecule has 1 aromatic carbocycles. The van der Waals surface area contributed by atoms with Crippen molar-refractivity contribution in [3.8, 4) is 5.75 Å². The van der Waals surface area contributed by atoms with Gasteiger partial charge in [0, 0.05) is 0 Å². The molecular formula is C10H11BrO2. The van der Waals surface area contributed by atoms with Gasteiger partial charge in [-0.25, -0.2) is 0 Å². The highest BCUT2D eigenvalue weighted by molar-refractivity contribution is 9.10. The van der Waals surface area contributed by atoms with Crippen LogP contribution in [0.3, 0.4) is 0 Å². The summed E-state index contributed by atoms with van der Waals surface area (Å²) in [5.74, 6) is 0.630. The molecule has 0 aromatic heterocycles. The topological polar surface area (TPSA) is 26.3 Å². The molecule has 0 saturated carbocycles. The van der Waals surface area contributed by atoms with Crippen LogP contribution < -0.4 is 4.74 Å². The molecule has 0 aliphatic heterocycles. The average Bonchev–Trinajstić information content (AvgIpc) is 2.09. The van der Waals surface area contributed by atoms with Gasteiger partial charge in [-0.1, -0.05) is 6.07 Å². The molecule has 0 N–H and O–H groups in total. The summed E-state index contributed by atoms with van der Waals surface area (Å²) in [6, 6.07) is 3.67. The van der Waals surface area contributed by atoms with Gasteiger partial charge >= 0.3 is 0 Å². The van der Waals surface area contributed by atoms with Crippen LogP contribution in [0.1, 0.15) is 22.8 Å². The number of halogens is 1. The van der Waals surface area contributed by atoms with Gasteiger partial charge in [-0.3, -0.25) is 4.79 Å². The predicted octanol–water partition coefficient (Wildman–Crippen LogP) is 2.97. The second-order valence-corrected chi connectivity index (χ2v) is 3.63. The first-order chi connectivity index (χ1) is 6.07. The molecule has 0 aliphatic rings. The minimum absolute atomic E-state index is 0.0116. The third-order valence-electron chi connectivity index (χ3n) is 1.87. The Labute approximate surface area is 86.0 Å². The van der Waals surface area contributed by atoms with E-state index in [1.165, 1.54) is 6.92 Å². The highest BCUT2D eigenvalue weighted by Gasteiger charge is 2.12. The van der Waals surface area contributed by atoms with Gasteiger partial charge in [-0.15, -0.1) is 0 Å². The fourth-order valence-electron chi connectivity index (χ4n) is 1.13. The lowest BCUT2D eigenvalue weighted by Gasteiger charge is -2.09. The molecule has 0 saturated heterocycles. The number of hydrogen-bond donors (Lipinski definition) is 0. The van der Waals surface area contributed by atoms with E-state index in [1.54, 1.807) is 13.2 Å². The second kappa shape index (κ2) is 3.92. The summed E-state index contributed by atoms with van der Waals surface area (Å²) in [7, 11) is 1.56. The van der Waals surface area contributed by atoms with Crippen molar-refractivity contribution in [1.29, 1.82) is 0 Å². The van der Waals surface area contributed by atoms with Crippen molar-refractivity contribution in [2.24, 2.45) is 0 Å². The molecule has 2 nitrogen and oxygen atoms in total. The third kappa shape index (κ3) is 1.91. The summed E-state index contributed by atoms with van der Waals surface area (Å²) in [5, 5.41) is 0. The summed E-state index contributed by atoms with van der Waals surface area (Å²) in [5.41, 5.74) is 1.67. The molecule has 0 radical (unpaired) electrons. The van der Waals surface area contributed by atoms with Crippen LogP contribution in [0, 0.1) is 6.92 Å². The molecule has 0 heterocycles. The summed E-state index contributed by atoms with van der Waals surface area (Å²) in [6.07, 6.45) is 0. The SMILES string of the molecule is COc1c(C(C)=O)ccc(C)c1Br. The summed E-state index contributed by atoms with van der Waals surface area (Å²) < 4.78 is 6.00. The lowest BCUT2D eigenvalue weighted by atomic mass is 10.1. The fourth-order valence-corrected chi connectivity index (χ4v) is 1.64. The number of methoxy groups -OCH3 is 1. The van der Waals surface area contributed by atoms with E-state index in [1.807, 2.05) is 13.0 Å². The van der Waals surface area contributed by atoms with E-state index in [9.17, 15) is 4.79 Å². The van der Waals surface area contributed by atoms with E-state index in [0.29, 0.717) is 11.3 Å². The Bertz CT molecular complexity index is 345. The quantitative estimate of drug-likeness (QED) is 0.746. The van der Waals surface area contributed by atoms with Crippen molar-refractivity contribution in [2.75, 3.05) is 7.11 Å². The first-order valence-corrected chi connectivity index (χ1v) is 4.71. The first-order valence-electron chi connectivity index (χ1n) is 3.92. The van der Waals surface area contributed by atoms with E-state index in [4.69, 9.17) is 4.74 Å². The number of hydrogen-bond acceptors (Lipinski definition) is 2. The minimum Gasteiger partial charge on any atom is -0.495 e. The number of aryl methyl sites for hydroxylation is 1. The van der Waals surface area contributed by atoms with E-state index < -0.39 is 0 Å². The van der Waals surface area contributed by atoms with Gasteiger partial charge in [-0.05, 0) is 41.4 Å². The molecule has 0 fully saturated rings. The zero-order chi connectivity index (χ0) is 10.0. The Morgan fingerprint density at radius 1 is 1.46 bits per heavy atom. The molecule has 0 amide bonds. The molecule has 70 valence electrons. The molecule has 13 heavy (non-hydrogen) atoms. The van der Waals surface area contributed by atoms with Crippen molar-refractivity contribution in [2.45, 2.75) is 13.8 Å². The molecular weight excluding hydrogens is 232 g/mol. The number of carbonyl (C=O) groups is 1. The zero-order valence-corrected chi connectivity index (χ0v) is 9.44. The van der Waals surface area contributed by atoms with E-state index in [2.05, 4.69) is 15.9 Å². The Hall–Kier alpha value is -0.830. The van der Waals surface area contributed by atoms with Crippen LogP contribution in [0.2, 0.25) is 0 Å². The van der Waals surface area contributed by atoms with Crippen LogP contribution in [0.15, 0.2) is 16.6 Å².